The van der Waals surface area contributed by atoms with Crippen molar-refractivity contribution in [3.8, 4) is 0 Å². The third-order valence-corrected chi connectivity index (χ3v) is 4.44. The second kappa shape index (κ2) is 3.52. The van der Waals surface area contributed by atoms with Crippen molar-refractivity contribution in [2.75, 3.05) is 0 Å². The van der Waals surface area contributed by atoms with E-state index in [1.54, 1.807) is 13.8 Å². The van der Waals surface area contributed by atoms with Crippen molar-refractivity contribution in [2.24, 2.45) is 0 Å². The third-order valence-electron chi connectivity index (χ3n) is 4.44. The molecule has 1 saturated heterocycles. The van der Waals surface area contributed by atoms with Gasteiger partial charge < -0.3 is 9.84 Å². The quantitative estimate of drug-likeness (QED) is 0.769. The van der Waals surface area contributed by atoms with Gasteiger partial charge in [-0.3, -0.25) is 9.59 Å². The molecule has 18 heavy (non-hydrogen) atoms. The summed E-state index contributed by atoms with van der Waals surface area (Å²) in [5.74, 6) is -0.675. The van der Waals surface area contributed by atoms with E-state index in [-0.39, 0.29) is 5.78 Å². The Morgan fingerprint density at radius 1 is 1.28 bits per heavy atom. The molecule has 4 heteroatoms. The Morgan fingerprint density at radius 3 is 2.22 bits per heavy atom. The van der Waals surface area contributed by atoms with Crippen molar-refractivity contribution >= 4 is 11.6 Å². The van der Waals surface area contributed by atoms with E-state index in [2.05, 4.69) is 0 Å². The van der Waals surface area contributed by atoms with Crippen LogP contribution in [0.5, 0.6) is 0 Å². The van der Waals surface area contributed by atoms with Gasteiger partial charge in [0.25, 0.3) is 0 Å². The molecule has 0 aromatic heterocycles. The Hall–Kier alpha value is -1.00. The number of aliphatic hydroxyl groups is 1. The summed E-state index contributed by atoms with van der Waals surface area (Å²) in [6.07, 6.45) is 1.03. The first-order chi connectivity index (χ1) is 8.08. The first-order valence-electron chi connectivity index (χ1n) is 6.25. The molecule has 0 saturated carbocycles. The van der Waals surface area contributed by atoms with Gasteiger partial charge in [0.2, 0.25) is 0 Å². The van der Waals surface area contributed by atoms with Crippen LogP contribution in [-0.2, 0) is 14.3 Å². The summed E-state index contributed by atoms with van der Waals surface area (Å²) in [5, 5.41) is 10.8. The van der Waals surface area contributed by atoms with E-state index in [0.717, 1.165) is 0 Å². The lowest BCUT2D eigenvalue weighted by Gasteiger charge is -2.38. The van der Waals surface area contributed by atoms with Gasteiger partial charge in [0, 0.05) is 0 Å². The van der Waals surface area contributed by atoms with Crippen molar-refractivity contribution < 1.29 is 19.4 Å². The normalized spacial score (nSPS) is 38.9. The molecule has 2 atom stereocenters. The van der Waals surface area contributed by atoms with E-state index in [9.17, 15) is 14.7 Å². The third kappa shape index (κ3) is 1.33. The van der Waals surface area contributed by atoms with Crippen molar-refractivity contribution in [1.82, 2.24) is 0 Å². The van der Waals surface area contributed by atoms with Crippen molar-refractivity contribution in [3.05, 3.63) is 11.1 Å². The predicted octanol–water partition coefficient (Wildman–Crippen LogP) is 1.55. The summed E-state index contributed by atoms with van der Waals surface area (Å²) in [4.78, 5) is 24.4. The molecule has 0 aromatic rings. The minimum absolute atomic E-state index is 0.247. The summed E-state index contributed by atoms with van der Waals surface area (Å²) >= 11 is 0. The minimum atomic E-state index is -1.80. The van der Waals surface area contributed by atoms with Gasteiger partial charge in [0.15, 0.2) is 22.8 Å². The van der Waals surface area contributed by atoms with Crippen LogP contribution in [0.4, 0.5) is 0 Å². The molecule has 1 N–H and O–H groups in total. The number of Topliss-reactive ketones (excluding diaryl/α,β-unsaturated/α-hetero) is 2. The first-order valence-corrected chi connectivity index (χ1v) is 6.25. The molecule has 1 aliphatic heterocycles. The van der Waals surface area contributed by atoms with Crippen LogP contribution in [-0.4, -0.2) is 33.5 Å². The van der Waals surface area contributed by atoms with Gasteiger partial charge in [0.05, 0.1) is 5.60 Å². The Balaban J connectivity index is 2.62. The number of ether oxygens (including phenoxy) is 1. The Morgan fingerprint density at radius 2 is 1.83 bits per heavy atom. The maximum absolute atomic E-state index is 12.5. The van der Waals surface area contributed by atoms with Crippen LogP contribution >= 0.6 is 0 Å². The summed E-state index contributed by atoms with van der Waals surface area (Å²) in [7, 11) is 0. The van der Waals surface area contributed by atoms with Gasteiger partial charge in [-0.15, -0.1) is 0 Å². The van der Waals surface area contributed by atoms with E-state index in [0.29, 0.717) is 24.0 Å². The van der Waals surface area contributed by atoms with E-state index in [1.165, 1.54) is 6.92 Å². The highest BCUT2D eigenvalue weighted by Gasteiger charge is 2.69. The SMILES string of the molecule is CC(=O)C1(O)C(C)=C(C)C(=O)C12CCC(C)(C)O2. The lowest BCUT2D eigenvalue weighted by Crippen LogP contribution is -2.60. The molecular formula is C14H20O4. The van der Waals surface area contributed by atoms with Crippen molar-refractivity contribution in [1.29, 1.82) is 0 Å². The van der Waals surface area contributed by atoms with Crippen molar-refractivity contribution in [3.63, 3.8) is 0 Å². The van der Waals surface area contributed by atoms with Gasteiger partial charge >= 0.3 is 0 Å². The van der Waals surface area contributed by atoms with Gasteiger partial charge in [0.1, 0.15) is 0 Å². The molecular weight excluding hydrogens is 232 g/mol. The Kier molecular flexibility index (Phi) is 2.62. The van der Waals surface area contributed by atoms with Crippen LogP contribution in [0.25, 0.3) is 0 Å². The van der Waals surface area contributed by atoms with Crippen LogP contribution in [0.2, 0.25) is 0 Å². The molecule has 0 radical (unpaired) electrons. The number of rotatable bonds is 1. The van der Waals surface area contributed by atoms with Gasteiger partial charge in [-0.1, -0.05) is 0 Å². The summed E-state index contributed by atoms with van der Waals surface area (Å²) in [5.41, 5.74) is -2.83. The molecule has 1 fully saturated rings. The van der Waals surface area contributed by atoms with Gasteiger partial charge in [-0.25, -0.2) is 0 Å². The number of carbonyl (C=O) groups excluding carboxylic acids is 2. The molecule has 0 aromatic carbocycles. The zero-order chi connectivity index (χ0) is 13.9. The second-order valence-electron chi connectivity index (χ2n) is 6.03. The summed E-state index contributed by atoms with van der Waals surface area (Å²) < 4.78 is 5.87. The molecule has 2 unspecified atom stereocenters. The average molecular weight is 252 g/mol. The average Bonchev–Trinajstić information content (AvgIpc) is 2.67. The summed E-state index contributed by atoms with van der Waals surface area (Å²) in [6, 6.07) is 0. The molecule has 2 aliphatic rings. The fourth-order valence-electron chi connectivity index (χ4n) is 3.23. The smallest absolute Gasteiger partial charge is 0.194 e. The molecule has 1 aliphatic carbocycles. The molecule has 0 bridgehead atoms. The molecule has 2 rings (SSSR count). The zero-order valence-corrected chi connectivity index (χ0v) is 11.6. The number of hydrogen-bond donors (Lipinski definition) is 1. The standard InChI is InChI=1S/C14H20O4/c1-8-9(2)14(17,10(3)15)13(11(8)16)7-6-12(4,5)18-13/h17H,6-7H2,1-5H3. The zero-order valence-electron chi connectivity index (χ0n) is 11.6. The fraction of sp³-hybridized carbons (Fsp3) is 0.714. The molecule has 1 spiro atoms. The van der Waals surface area contributed by atoms with Gasteiger partial charge in [-0.05, 0) is 58.6 Å². The molecule has 0 amide bonds. The molecule has 4 nitrogen and oxygen atoms in total. The minimum Gasteiger partial charge on any atom is -0.374 e. The maximum Gasteiger partial charge on any atom is 0.194 e. The monoisotopic (exact) mass is 252 g/mol. The van der Waals surface area contributed by atoms with E-state index in [1.807, 2.05) is 13.8 Å². The van der Waals surface area contributed by atoms with Crippen LogP contribution in [0.15, 0.2) is 11.1 Å². The highest BCUT2D eigenvalue weighted by atomic mass is 16.6. The lowest BCUT2D eigenvalue weighted by molar-refractivity contribution is -0.185. The summed E-state index contributed by atoms with van der Waals surface area (Å²) in [6.45, 7) is 8.34. The van der Waals surface area contributed by atoms with Crippen LogP contribution in [0, 0.1) is 0 Å². The van der Waals surface area contributed by atoms with Crippen LogP contribution in [0.1, 0.15) is 47.5 Å². The van der Waals surface area contributed by atoms with Crippen LogP contribution < -0.4 is 0 Å². The second-order valence-corrected chi connectivity index (χ2v) is 6.03. The number of hydrogen-bond acceptors (Lipinski definition) is 4. The predicted molar refractivity (Wildman–Crippen MR) is 66.1 cm³/mol. The van der Waals surface area contributed by atoms with E-state index < -0.39 is 22.6 Å². The van der Waals surface area contributed by atoms with E-state index in [4.69, 9.17) is 4.74 Å². The highest BCUT2D eigenvalue weighted by molar-refractivity contribution is 6.14. The number of ketones is 2. The maximum atomic E-state index is 12.5. The number of carbonyl (C=O) groups is 2. The topological polar surface area (TPSA) is 63.6 Å². The fourth-order valence-corrected chi connectivity index (χ4v) is 3.23. The molecule has 1 heterocycles. The lowest BCUT2D eigenvalue weighted by atomic mass is 9.77. The van der Waals surface area contributed by atoms with Gasteiger partial charge in [-0.2, -0.15) is 0 Å². The molecule has 100 valence electrons. The Labute approximate surface area is 107 Å². The first kappa shape index (κ1) is 13.4. The van der Waals surface area contributed by atoms with Crippen molar-refractivity contribution in [2.45, 2.75) is 64.3 Å². The largest absolute Gasteiger partial charge is 0.374 e. The van der Waals surface area contributed by atoms with Crippen LogP contribution in [0.3, 0.4) is 0 Å². The highest BCUT2D eigenvalue weighted by Crippen LogP contribution is 2.53. The Bertz CT molecular complexity index is 474. The van der Waals surface area contributed by atoms with E-state index >= 15 is 0 Å².